The number of nitrogens with zero attached hydrogens (tertiary/aromatic N) is 2. The summed E-state index contributed by atoms with van der Waals surface area (Å²) >= 11 is 0. The van der Waals surface area contributed by atoms with Crippen LogP contribution >= 0.6 is 0 Å². The van der Waals surface area contributed by atoms with Crippen molar-refractivity contribution < 1.29 is 18.0 Å². The molecule has 0 unspecified atom stereocenters. The molecule has 1 amide bonds. The fourth-order valence-corrected chi connectivity index (χ4v) is 4.83. The number of carbonyl (C=O) groups excluding carboxylic acids is 1. The number of benzene rings is 2. The van der Waals surface area contributed by atoms with Crippen LogP contribution < -0.4 is 4.90 Å². The number of anilines is 1. The van der Waals surface area contributed by atoms with Gasteiger partial charge in [-0.25, -0.2) is 13.2 Å². The standard InChI is InChI=1S/C22H23F3N2O/c1-22(2)13-20-19(27(22)16-8-6-15(23)7-9-16)4-3-11-26(20)21(28)14-5-10-17(24)18(25)12-14/h5-10,12,19-20H,3-4,11,13H2,1-2H3/t19-,20-/m0/s1. The lowest BCUT2D eigenvalue weighted by molar-refractivity contribution is 0.0604. The average Bonchev–Trinajstić information content (AvgIpc) is 2.94. The first-order valence-electron chi connectivity index (χ1n) is 9.59. The van der Waals surface area contributed by atoms with Gasteiger partial charge in [0.05, 0.1) is 12.1 Å². The molecule has 2 saturated heterocycles. The van der Waals surface area contributed by atoms with Gasteiger partial charge in [0, 0.05) is 23.3 Å². The molecule has 3 nitrogen and oxygen atoms in total. The van der Waals surface area contributed by atoms with Crippen LogP contribution in [0.3, 0.4) is 0 Å². The lowest BCUT2D eigenvalue weighted by atomic mass is 9.93. The molecule has 0 N–H and O–H groups in total. The summed E-state index contributed by atoms with van der Waals surface area (Å²) in [6.45, 7) is 4.83. The second kappa shape index (κ2) is 6.83. The molecule has 2 aromatic carbocycles. The van der Waals surface area contributed by atoms with Crippen molar-refractivity contribution in [2.75, 3.05) is 11.4 Å². The van der Waals surface area contributed by atoms with Gasteiger partial charge in [-0.05, 0) is 75.6 Å². The van der Waals surface area contributed by atoms with Crippen molar-refractivity contribution in [2.24, 2.45) is 0 Å². The summed E-state index contributed by atoms with van der Waals surface area (Å²) in [4.78, 5) is 17.2. The maximum absolute atomic E-state index is 13.6. The van der Waals surface area contributed by atoms with Crippen molar-refractivity contribution in [1.82, 2.24) is 4.90 Å². The maximum atomic E-state index is 13.6. The highest BCUT2D eigenvalue weighted by Gasteiger charge is 2.50. The van der Waals surface area contributed by atoms with E-state index in [1.165, 1.54) is 18.2 Å². The molecule has 0 aliphatic carbocycles. The molecule has 0 aromatic heterocycles. The van der Waals surface area contributed by atoms with Crippen LogP contribution in [0.4, 0.5) is 18.9 Å². The van der Waals surface area contributed by atoms with E-state index in [9.17, 15) is 18.0 Å². The summed E-state index contributed by atoms with van der Waals surface area (Å²) in [6.07, 6.45) is 2.50. The molecule has 28 heavy (non-hydrogen) atoms. The zero-order chi connectivity index (χ0) is 20.1. The lowest BCUT2D eigenvalue weighted by Gasteiger charge is -2.42. The Morgan fingerprint density at radius 1 is 1.00 bits per heavy atom. The average molecular weight is 388 g/mol. The number of hydrogen-bond donors (Lipinski definition) is 0. The van der Waals surface area contributed by atoms with Crippen molar-refractivity contribution in [3.63, 3.8) is 0 Å². The van der Waals surface area contributed by atoms with E-state index < -0.39 is 11.6 Å². The van der Waals surface area contributed by atoms with Crippen LogP contribution in [0, 0.1) is 17.5 Å². The fraction of sp³-hybridized carbons (Fsp3) is 0.409. The quantitative estimate of drug-likeness (QED) is 0.740. The van der Waals surface area contributed by atoms with Crippen molar-refractivity contribution in [3.8, 4) is 0 Å². The SMILES string of the molecule is CC1(C)C[C@H]2[C@H](CCCN2C(=O)c2ccc(F)c(F)c2)N1c1ccc(F)cc1. The summed E-state index contributed by atoms with van der Waals surface area (Å²) in [5.41, 5.74) is 0.878. The van der Waals surface area contributed by atoms with Gasteiger partial charge in [-0.15, -0.1) is 0 Å². The van der Waals surface area contributed by atoms with Gasteiger partial charge in [0.2, 0.25) is 0 Å². The molecule has 6 heteroatoms. The second-order valence-electron chi connectivity index (χ2n) is 8.27. The van der Waals surface area contributed by atoms with Gasteiger partial charge in [-0.3, -0.25) is 4.79 Å². The third kappa shape index (κ3) is 3.15. The highest BCUT2D eigenvalue weighted by Crippen LogP contribution is 2.44. The zero-order valence-electron chi connectivity index (χ0n) is 16.0. The molecule has 2 aromatic rings. The van der Waals surface area contributed by atoms with Crippen LogP contribution in [0.25, 0.3) is 0 Å². The normalized spacial score (nSPS) is 23.6. The molecule has 0 bridgehead atoms. The summed E-state index contributed by atoms with van der Waals surface area (Å²) in [7, 11) is 0. The molecule has 0 radical (unpaired) electrons. The van der Waals surface area contributed by atoms with E-state index in [1.807, 2.05) is 0 Å². The number of likely N-dealkylation sites (tertiary alicyclic amines) is 1. The number of halogens is 3. The van der Waals surface area contributed by atoms with Crippen molar-refractivity contribution >= 4 is 11.6 Å². The predicted molar refractivity (Wildman–Crippen MR) is 102 cm³/mol. The Morgan fingerprint density at radius 2 is 1.71 bits per heavy atom. The van der Waals surface area contributed by atoms with Crippen molar-refractivity contribution in [3.05, 3.63) is 65.5 Å². The van der Waals surface area contributed by atoms with Crippen molar-refractivity contribution in [2.45, 2.75) is 50.7 Å². The fourth-order valence-electron chi connectivity index (χ4n) is 4.83. The molecule has 2 heterocycles. The van der Waals surface area contributed by atoms with Crippen LogP contribution in [0.1, 0.15) is 43.5 Å². The van der Waals surface area contributed by atoms with Gasteiger partial charge < -0.3 is 9.80 Å². The minimum atomic E-state index is -1.01. The molecule has 2 aliphatic heterocycles. The minimum absolute atomic E-state index is 0.0329. The van der Waals surface area contributed by atoms with Gasteiger partial charge in [0.25, 0.3) is 5.91 Å². The molecule has 148 valence electrons. The number of piperidine rings is 1. The molecular formula is C22H23F3N2O. The highest BCUT2D eigenvalue weighted by atomic mass is 19.2. The Balaban J connectivity index is 1.65. The third-order valence-electron chi connectivity index (χ3n) is 5.97. The van der Waals surface area contributed by atoms with Gasteiger partial charge in [-0.1, -0.05) is 0 Å². The summed E-state index contributed by atoms with van der Waals surface area (Å²) in [5.74, 6) is -2.53. The Labute approximate surface area is 162 Å². The molecule has 0 saturated carbocycles. The van der Waals surface area contributed by atoms with E-state index in [0.29, 0.717) is 6.54 Å². The number of hydrogen-bond acceptors (Lipinski definition) is 2. The smallest absolute Gasteiger partial charge is 0.254 e. The summed E-state index contributed by atoms with van der Waals surface area (Å²) in [6, 6.07) is 9.81. The maximum Gasteiger partial charge on any atom is 0.254 e. The van der Waals surface area contributed by atoms with Crippen LogP contribution in [0.2, 0.25) is 0 Å². The summed E-state index contributed by atoms with van der Waals surface area (Å²) < 4.78 is 40.3. The van der Waals surface area contributed by atoms with E-state index in [0.717, 1.165) is 37.1 Å². The van der Waals surface area contributed by atoms with E-state index >= 15 is 0 Å². The van der Waals surface area contributed by atoms with Crippen LogP contribution in [-0.4, -0.2) is 35.0 Å². The van der Waals surface area contributed by atoms with Gasteiger partial charge in [0.15, 0.2) is 11.6 Å². The first-order valence-corrected chi connectivity index (χ1v) is 9.59. The lowest BCUT2D eigenvalue weighted by Crippen LogP contribution is -2.52. The summed E-state index contributed by atoms with van der Waals surface area (Å²) in [5, 5.41) is 0. The Kier molecular flexibility index (Phi) is 4.60. The largest absolute Gasteiger partial charge is 0.361 e. The first kappa shape index (κ1) is 18.8. The van der Waals surface area contributed by atoms with Crippen molar-refractivity contribution in [1.29, 1.82) is 0 Å². The Hall–Kier alpha value is -2.50. The first-order chi connectivity index (χ1) is 13.3. The van der Waals surface area contributed by atoms with E-state index in [1.54, 1.807) is 17.0 Å². The van der Waals surface area contributed by atoms with Crippen LogP contribution in [0.5, 0.6) is 0 Å². The van der Waals surface area contributed by atoms with E-state index in [4.69, 9.17) is 0 Å². The molecule has 2 aliphatic rings. The molecular weight excluding hydrogens is 365 g/mol. The molecule has 0 spiro atoms. The number of fused-ring (bicyclic) bond motifs is 1. The Bertz CT molecular complexity index is 897. The third-order valence-corrected chi connectivity index (χ3v) is 5.97. The van der Waals surface area contributed by atoms with E-state index in [2.05, 4.69) is 18.7 Å². The Morgan fingerprint density at radius 3 is 2.39 bits per heavy atom. The minimum Gasteiger partial charge on any atom is -0.361 e. The van der Waals surface area contributed by atoms with Crippen LogP contribution in [-0.2, 0) is 0 Å². The highest BCUT2D eigenvalue weighted by molar-refractivity contribution is 5.94. The van der Waals surface area contributed by atoms with E-state index in [-0.39, 0.29) is 34.9 Å². The zero-order valence-corrected chi connectivity index (χ0v) is 16.0. The van der Waals surface area contributed by atoms with Gasteiger partial charge in [0.1, 0.15) is 5.82 Å². The number of rotatable bonds is 2. The number of carbonyl (C=O) groups is 1. The second-order valence-corrected chi connectivity index (χ2v) is 8.27. The van der Waals surface area contributed by atoms with Crippen LogP contribution in [0.15, 0.2) is 42.5 Å². The van der Waals surface area contributed by atoms with Gasteiger partial charge in [-0.2, -0.15) is 0 Å². The molecule has 2 atom stereocenters. The predicted octanol–water partition coefficient (Wildman–Crippen LogP) is 4.77. The van der Waals surface area contributed by atoms with Gasteiger partial charge >= 0.3 is 0 Å². The monoisotopic (exact) mass is 388 g/mol. The number of amides is 1. The molecule has 4 rings (SSSR count). The topological polar surface area (TPSA) is 23.6 Å². The molecule has 2 fully saturated rings.